The van der Waals surface area contributed by atoms with E-state index in [-0.39, 0.29) is 18.5 Å². The molecule has 0 aromatic carbocycles. The minimum absolute atomic E-state index is 0.00780. The molecule has 388 valence electrons. The van der Waals surface area contributed by atoms with E-state index < -0.39 is 12.1 Å². The molecule has 0 rings (SSSR count). The second kappa shape index (κ2) is 55.5. The molecule has 2 atom stereocenters. The van der Waals surface area contributed by atoms with E-state index in [1.807, 2.05) is 0 Å². The van der Waals surface area contributed by atoms with Gasteiger partial charge in [0.25, 0.3) is 0 Å². The Kier molecular flexibility index (Phi) is 54.5. The molecule has 0 aromatic heterocycles. The molecule has 0 fully saturated rings. The summed E-state index contributed by atoms with van der Waals surface area (Å²) < 4.78 is 5.48. The van der Waals surface area contributed by atoms with Crippen molar-refractivity contribution in [1.82, 2.24) is 5.32 Å². The van der Waals surface area contributed by atoms with Crippen molar-refractivity contribution in [2.24, 2.45) is 0 Å². The van der Waals surface area contributed by atoms with Gasteiger partial charge in [0.05, 0.1) is 25.4 Å². The maximum atomic E-state index is 12.5. The van der Waals surface area contributed by atoms with E-state index in [4.69, 9.17) is 4.74 Å². The molecule has 6 heteroatoms. The SMILES string of the molecule is CCCCCCCCCCCCCCCCCCCCCC(O)C(CO)NC(=O)CCCCCCCCCCCCCOC(=O)CCCCCCCCCCCCCCCCCCCC. The number of rotatable bonds is 56. The first-order valence-electron chi connectivity index (χ1n) is 29.8. The van der Waals surface area contributed by atoms with Gasteiger partial charge in [0.1, 0.15) is 0 Å². The minimum atomic E-state index is -0.676. The predicted octanol–water partition coefficient (Wildman–Crippen LogP) is 18.3. The highest BCUT2D eigenvalue weighted by Crippen LogP contribution is 2.18. The molecule has 0 radical (unpaired) electrons. The van der Waals surface area contributed by atoms with E-state index >= 15 is 0 Å². The summed E-state index contributed by atoms with van der Waals surface area (Å²) in [5, 5.41) is 23.3. The first-order chi connectivity index (χ1) is 32.0. The quantitative estimate of drug-likeness (QED) is 0.0417. The van der Waals surface area contributed by atoms with Crippen molar-refractivity contribution in [3.63, 3.8) is 0 Å². The Morgan fingerprint density at radius 2 is 0.631 bits per heavy atom. The fraction of sp³-hybridized carbons (Fsp3) is 0.966. The molecule has 0 heterocycles. The fourth-order valence-electron chi connectivity index (χ4n) is 9.58. The Bertz CT molecular complexity index is 928. The average Bonchev–Trinajstić information content (AvgIpc) is 3.31. The van der Waals surface area contributed by atoms with E-state index in [2.05, 4.69) is 19.2 Å². The Morgan fingerprint density at radius 3 is 0.938 bits per heavy atom. The molecule has 0 aliphatic rings. The normalized spacial score (nSPS) is 12.5. The van der Waals surface area contributed by atoms with Crippen LogP contribution in [0.15, 0.2) is 0 Å². The predicted molar refractivity (Wildman–Crippen MR) is 283 cm³/mol. The van der Waals surface area contributed by atoms with Gasteiger partial charge >= 0.3 is 5.97 Å². The molecule has 0 aromatic rings. The molecule has 65 heavy (non-hydrogen) atoms. The fourth-order valence-corrected chi connectivity index (χ4v) is 9.58. The zero-order chi connectivity index (χ0) is 47.2. The first-order valence-corrected chi connectivity index (χ1v) is 29.8. The number of carbonyl (C=O) groups is 2. The van der Waals surface area contributed by atoms with E-state index in [1.165, 1.54) is 250 Å². The minimum Gasteiger partial charge on any atom is -0.466 e. The summed E-state index contributed by atoms with van der Waals surface area (Å²) in [5.41, 5.74) is 0. The molecule has 0 aliphatic carbocycles. The lowest BCUT2D eigenvalue weighted by molar-refractivity contribution is -0.143. The van der Waals surface area contributed by atoms with E-state index in [0.717, 1.165) is 57.8 Å². The monoisotopic (exact) mass is 920 g/mol. The number of unbranched alkanes of at least 4 members (excludes halogenated alkanes) is 45. The summed E-state index contributed by atoms with van der Waals surface area (Å²) in [6.45, 7) is 4.95. The van der Waals surface area contributed by atoms with Crippen LogP contribution in [0.1, 0.15) is 341 Å². The third-order valence-electron chi connectivity index (χ3n) is 14.2. The summed E-state index contributed by atoms with van der Waals surface area (Å²) in [6, 6.07) is -0.554. The Balaban J connectivity index is 3.43. The van der Waals surface area contributed by atoms with Crippen LogP contribution in [0, 0.1) is 0 Å². The van der Waals surface area contributed by atoms with Crippen LogP contribution >= 0.6 is 0 Å². The molecule has 0 spiro atoms. The number of esters is 1. The number of aliphatic hydroxyl groups excluding tert-OH is 2. The zero-order valence-corrected chi connectivity index (χ0v) is 44.3. The summed E-state index contributed by atoms with van der Waals surface area (Å²) >= 11 is 0. The third kappa shape index (κ3) is 52.1. The average molecular weight is 921 g/mol. The van der Waals surface area contributed by atoms with Crippen LogP contribution < -0.4 is 5.32 Å². The van der Waals surface area contributed by atoms with Gasteiger partial charge in [0.15, 0.2) is 0 Å². The van der Waals surface area contributed by atoms with Crippen LogP contribution in [0.4, 0.5) is 0 Å². The molecule has 0 saturated heterocycles. The van der Waals surface area contributed by atoms with E-state index in [1.54, 1.807) is 0 Å². The Labute approximate surface area is 406 Å². The summed E-state index contributed by atoms with van der Waals surface area (Å²) in [5.74, 6) is -0.0571. The number of hydrogen-bond donors (Lipinski definition) is 3. The summed E-state index contributed by atoms with van der Waals surface area (Å²) in [6.07, 6.45) is 63.8. The van der Waals surface area contributed by atoms with Gasteiger partial charge in [-0.2, -0.15) is 0 Å². The van der Waals surface area contributed by atoms with Crippen molar-refractivity contribution in [3.05, 3.63) is 0 Å². The lowest BCUT2D eigenvalue weighted by atomic mass is 10.0. The van der Waals surface area contributed by atoms with Crippen LogP contribution in [0.2, 0.25) is 0 Å². The van der Waals surface area contributed by atoms with Crippen molar-refractivity contribution >= 4 is 11.9 Å². The highest BCUT2D eigenvalue weighted by Gasteiger charge is 2.20. The number of carbonyl (C=O) groups excluding carboxylic acids is 2. The molecular formula is C59H117NO5. The molecule has 2 unspecified atom stereocenters. The molecule has 6 nitrogen and oxygen atoms in total. The first kappa shape index (κ1) is 63.9. The molecule has 0 bridgehead atoms. The topological polar surface area (TPSA) is 95.9 Å². The maximum Gasteiger partial charge on any atom is 0.305 e. The highest BCUT2D eigenvalue weighted by atomic mass is 16.5. The van der Waals surface area contributed by atoms with Gasteiger partial charge in [-0.1, -0.05) is 303 Å². The molecule has 3 N–H and O–H groups in total. The standard InChI is InChI=1S/C59H117NO5/c1-3-5-7-9-11-13-15-17-19-21-23-24-26-28-31-35-39-43-47-51-57(62)56(55-61)60-58(63)52-48-44-40-36-32-30-34-38-42-46-50-54-65-59(64)53-49-45-41-37-33-29-27-25-22-20-18-16-14-12-10-8-6-4-2/h56-57,61-62H,3-55H2,1-2H3,(H,60,63). The molecule has 0 saturated carbocycles. The van der Waals surface area contributed by atoms with Crippen LogP contribution in [-0.2, 0) is 14.3 Å². The lowest BCUT2D eigenvalue weighted by Crippen LogP contribution is -2.45. The summed E-state index contributed by atoms with van der Waals surface area (Å²) in [4.78, 5) is 24.6. The number of hydrogen-bond acceptors (Lipinski definition) is 5. The molecular weight excluding hydrogens is 803 g/mol. The van der Waals surface area contributed by atoms with Gasteiger partial charge < -0.3 is 20.3 Å². The second-order valence-electron chi connectivity index (χ2n) is 20.7. The third-order valence-corrected chi connectivity index (χ3v) is 14.2. The highest BCUT2D eigenvalue weighted by molar-refractivity contribution is 5.76. The van der Waals surface area contributed by atoms with Crippen molar-refractivity contribution in [2.45, 2.75) is 353 Å². The van der Waals surface area contributed by atoms with Gasteiger partial charge in [-0.05, 0) is 25.7 Å². The van der Waals surface area contributed by atoms with Crippen LogP contribution in [0.5, 0.6) is 0 Å². The van der Waals surface area contributed by atoms with Gasteiger partial charge in [-0.3, -0.25) is 9.59 Å². The number of nitrogens with one attached hydrogen (secondary N) is 1. The number of aliphatic hydroxyl groups is 2. The molecule has 0 aliphatic heterocycles. The van der Waals surface area contributed by atoms with Gasteiger partial charge in [-0.15, -0.1) is 0 Å². The van der Waals surface area contributed by atoms with E-state index in [9.17, 15) is 19.8 Å². The number of ether oxygens (including phenoxy) is 1. The summed E-state index contributed by atoms with van der Waals surface area (Å²) in [7, 11) is 0. The van der Waals surface area contributed by atoms with Crippen molar-refractivity contribution in [2.75, 3.05) is 13.2 Å². The Morgan fingerprint density at radius 1 is 0.369 bits per heavy atom. The second-order valence-corrected chi connectivity index (χ2v) is 20.7. The van der Waals surface area contributed by atoms with Crippen LogP contribution in [-0.4, -0.2) is 47.4 Å². The maximum absolute atomic E-state index is 12.5. The van der Waals surface area contributed by atoms with E-state index in [0.29, 0.717) is 25.9 Å². The molecule has 1 amide bonds. The lowest BCUT2D eigenvalue weighted by Gasteiger charge is -2.22. The van der Waals surface area contributed by atoms with Crippen LogP contribution in [0.3, 0.4) is 0 Å². The van der Waals surface area contributed by atoms with Gasteiger partial charge in [-0.25, -0.2) is 0 Å². The van der Waals surface area contributed by atoms with Gasteiger partial charge in [0, 0.05) is 12.8 Å². The number of amides is 1. The Hall–Kier alpha value is -1.14. The van der Waals surface area contributed by atoms with Crippen LogP contribution in [0.25, 0.3) is 0 Å². The smallest absolute Gasteiger partial charge is 0.305 e. The zero-order valence-electron chi connectivity index (χ0n) is 44.3. The van der Waals surface area contributed by atoms with Crippen molar-refractivity contribution in [3.8, 4) is 0 Å². The van der Waals surface area contributed by atoms with Crippen molar-refractivity contribution in [1.29, 1.82) is 0 Å². The van der Waals surface area contributed by atoms with Crippen molar-refractivity contribution < 1.29 is 24.5 Å². The van der Waals surface area contributed by atoms with Gasteiger partial charge in [0.2, 0.25) is 5.91 Å². The largest absolute Gasteiger partial charge is 0.466 e.